The van der Waals surface area contributed by atoms with Gasteiger partial charge in [-0.2, -0.15) is 0 Å². The minimum absolute atomic E-state index is 0.225. The van der Waals surface area contributed by atoms with Crippen molar-refractivity contribution < 1.29 is 11.3 Å². The molecular formula is C8H9NO3. The standard InChI is InChI=1S/C8H9NO3/c10-9(11)12-7-6-8-4-2-1-3-5-8/h1-5H,6-7H2/i6D. The maximum Gasteiger partial charge on any atom is 0.294 e. The van der Waals surface area contributed by atoms with E-state index in [9.17, 15) is 10.1 Å². The first-order chi connectivity index (χ1) is 6.20. The molecule has 12 heavy (non-hydrogen) atoms. The molecule has 0 heterocycles. The van der Waals surface area contributed by atoms with Crippen LogP contribution in [-0.2, 0) is 11.2 Å². The quantitative estimate of drug-likeness (QED) is 0.505. The molecule has 0 aliphatic carbocycles. The van der Waals surface area contributed by atoms with Crippen molar-refractivity contribution in [3.63, 3.8) is 0 Å². The van der Waals surface area contributed by atoms with E-state index in [1.807, 2.05) is 6.07 Å². The van der Waals surface area contributed by atoms with Crippen molar-refractivity contribution in [3.8, 4) is 0 Å². The SMILES string of the molecule is [2H]C(CO[N+](=O)[O-])c1ccccc1. The van der Waals surface area contributed by atoms with E-state index in [1.54, 1.807) is 24.3 Å². The van der Waals surface area contributed by atoms with Crippen molar-refractivity contribution in [2.45, 2.75) is 6.40 Å². The molecule has 4 nitrogen and oxygen atoms in total. The lowest BCUT2D eigenvalue weighted by molar-refractivity contribution is -0.757. The van der Waals surface area contributed by atoms with Gasteiger partial charge >= 0.3 is 0 Å². The Morgan fingerprint density at radius 3 is 2.75 bits per heavy atom. The van der Waals surface area contributed by atoms with Crippen LogP contribution in [0.25, 0.3) is 0 Å². The van der Waals surface area contributed by atoms with Gasteiger partial charge in [-0.1, -0.05) is 30.3 Å². The molecule has 0 spiro atoms. The fourth-order valence-corrected chi connectivity index (χ4v) is 0.783. The zero-order valence-corrected chi connectivity index (χ0v) is 6.34. The smallest absolute Gasteiger partial charge is 0.294 e. The van der Waals surface area contributed by atoms with Gasteiger partial charge in [0.1, 0.15) is 6.61 Å². The zero-order chi connectivity index (χ0) is 9.68. The number of benzene rings is 1. The van der Waals surface area contributed by atoms with Gasteiger partial charge in [0.25, 0.3) is 5.09 Å². The third-order valence-corrected chi connectivity index (χ3v) is 1.30. The first-order valence-corrected chi connectivity index (χ1v) is 3.44. The Kier molecular flexibility index (Phi) is 2.56. The first-order valence-electron chi connectivity index (χ1n) is 4.02. The molecule has 0 fully saturated rings. The zero-order valence-electron chi connectivity index (χ0n) is 7.34. The lowest BCUT2D eigenvalue weighted by atomic mass is 10.2. The second kappa shape index (κ2) is 4.33. The Morgan fingerprint density at radius 1 is 1.50 bits per heavy atom. The van der Waals surface area contributed by atoms with Crippen LogP contribution in [0.2, 0.25) is 0 Å². The fraction of sp³-hybridized carbons (Fsp3) is 0.250. The summed E-state index contributed by atoms with van der Waals surface area (Å²) in [6, 6.07) is 8.86. The van der Waals surface area contributed by atoms with Crippen molar-refractivity contribution >= 4 is 0 Å². The van der Waals surface area contributed by atoms with Crippen molar-refractivity contribution in [2.75, 3.05) is 6.61 Å². The van der Waals surface area contributed by atoms with Crippen molar-refractivity contribution in [2.24, 2.45) is 0 Å². The normalized spacial score (nSPS) is 13.2. The summed E-state index contributed by atoms with van der Waals surface area (Å²) in [5.41, 5.74) is 0.712. The molecule has 0 N–H and O–H groups in total. The third-order valence-electron chi connectivity index (χ3n) is 1.30. The Morgan fingerprint density at radius 2 is 2.17 bits per heavy atom. The summed E-state index contributed by atoms with van der Waals surface area (Å²) in [5.74, 6) is 0. The Labute approximate surface area is 71.3 Å². The second-order valence-electron chi connectivity index (χ2n) is 2.13. The topological polar surface area (TPSA) is 52.4 Å². The van der Waals surface area contributed by atoms with Crippen LogP contribution in [0.1, 0.15) is 6.93 Å². The number of hydrogen-bond donors (Lipinski definition) is 0. The molecule has 0 saturated carbocycles. The van der Waals surface area contributed by atoms with E-state index in [0.29, 0.717) is 5.56 Å². The average Bonchev–Trinajstić information content (AvgIpc) is 2.15. The molecule has 64 valence electrons. The van der Waals surface area contributed by atoms with Crippen LogP contribution in [0.15, 0.2) is 30.3 Å². The van der Waals surface area contributed by atoms with Crippen LogP contribution in [0.4, 0.5) is 0 Å². The van der Waals surface area contributed by atoms with Crippen molar-refractivity contribution in [1.29, 1.82) is 0 Å². The van der Waals surface area contributed by atoms with Crippen LogP contribution < -0.4 is 0 Å². The Bertz CT molecular complexity index is 278. The molecule has 0 amide bonds. The van der Waals surface area contributed by atoms with Crippen LogP contribution in [0, 0.1) is 10.1 Å². The molecule has 1 aromatic rings. The molecule has 0 aliphatic rings. The third kappa shape index (κ3) is 3.01. The Hall–Kier alpha value is -1.58. The summed E-state index contributed by atoms with van der Waals surface area (Å²) in [6.45, 7) is -0.225. The van der Waals surface area contributed by atoms with Gasteiger partial charge in [0, 0.05) is 1.37 Å². The predicted octanol–water partition coefficient (Wildman–Crippen LogP) is 1.44. The minimum Gasteiger partial charge on any atom is -0.314 e. The van der Waals surface area contributed by atoms with Crippen LogP contribution in [-0.4, -0.2) is 11.7 Å². The first kappa shape index (κ1) is 7.09. The van der Waals surface area contributed by atoms with E-state index < -0.39 is 11.5 Å². The van der Waals surface area contributed by atoms with Crippen LogP contribution in [0.3, 0.4) is 0 Å². The molecule has 0 aromatic heterocycles. The van der Waals surface area contributed by atoms with E-state index in [0.717, 1.165) is 0 Å². The fourth-order valence-electron chi connectivity index (χ4n) is 0.783. The molecule has 1 rings (SSSR count). The van der Waals surface area contributed by atoms with Gasteiger partial charge in [0.05, 0.1) is 0 Å². The summed E-state index contributed by atoms with van der Waals surface area (Å²) < 4.78 is 7.48. The van der Waals surface area contributed by atoms with Crippen LogP contribution >= 0.6 is 0 Å². The summed E-state index contributed by atoms with van der Waals surface area (Å²) in [5, 5.41) is 8.95. The lowest BCUT2D eigenvalue weighted by Gasteiger charge is -1.98. The maximum absolute atomic E-state index is 9.84. The molecule has 1 aromatic carbocycles. The molecule has 0 aliphatic heterocycles. The largest absolute Gasteiger partial charge is 0.314 e. The van der Waals surface area contributed by atoms with E-state index in [1.165, 1.54) is 0 Å². The highest BCUT2D eigenvalue weighted by atomic mass is 16.9. The van der Waals surface area contributed by atoms with Gasteiger partial charge < -0.3 is 4.84 Å². The molecule has 1 atom stereocenters. The van der Waals surface area contributed by atoms with Gasteiger partial charge in [0.15, 0.2) is 0 Å². The van der Waals surface area contributed by atoms with E-state index in [-0.39, 0.29) is 6.61 Å². The van der Waals surface area contributed by atoms with E-state index in [4.69, 9.17) is 1.37 Å². The minimum atomic E-state index is -0.884. The summed E-state index contributed by atoms with van der Waals surface area (Å²) in [7, 11) is 0. The monoisotopic (exact) mass is 168 g/mol. The number of rotatable bonds is 4. The predicted molar refractivity (Wildman–Crippen MR) is 43.1 cm³/mol. The van der Waals surface area contributed by atoms with E-state index in [2.05, 4.69) is 4.84 Å². The maximum atomic E-state index is 9.84. The highest BCUT2D eigenvalue weighted by Gasteiger charge is 1.95. The van der Waals surface area contributed by atoms with Gasteiger partial charge in [-0.3, -0.25) is 0 Å². The second-order valence-corrected chi connectivity index (χ2v) is 2.13. The molecule has 1 unspecified atom stereocenters. The highest BCUT2D eigenvalue weighted by molar-refractivity contribution is 5.14. The summed E-state index contributed by atoms with van der Waals surface area (Å²) >= 11 is 0. The van der Waals surface area contributed by atoms with Gasteiger partial charge in [-0.05, 0) is 12.0 Å². The van der Waals surface area contributed by atoms with Gasteiger partial charge in [-0.15, -0.1) is 10.1 Å². The Balaban J connectivity index is 2.49. The van der Waals surface area contributed by atoms with Gasteiger partial charge in [-0.25, -0.2) is 0 Å². The number of nitrogens with zero attached hydrogens (tertiary/aromatic N) is 1. The number of hydrogen-bond acceptors (Lipinski definition) is 3. The van der Waals surface area contributed by atoms with E-state index >= 15 is 0 Å². The summed E-state index contributed by atoms with van der Waals surface area (Å²) in [4.78, 5) is 13.9. The molecule has 0 bridgehead atoms. The average molecular weight is 168 g/mol. The molecule has 0 saturated heterocycles. The van der Waals surface area contributed by atoms with Crippen molar-refractivity contribution in [1.82, 2.24) is 0 Å². The molecule has 0 radical (unpaired) electrons. The molecular weight excluding hydrogens is 158 g/mol. The summed E-state index contributed by atoms with van der Waals surface area (Å²) in [6.07, 6.45) is -0.702. The van der Waals surface area contributed by atoms with Crippen LogP contribution in [0.5, 0.6) is 0 Å². The lowest BCUT2D eigenvalue weighted by Crippen LogP contribution is -2.04. The van der Waals surface area contributed by atoms with Gasteiger partial charge in [0.2, 0.25) is 0 Å². The van der Waals surface area contributed by atoms with Crippen molar-refractivity contribution in [3.05, 3.63) is 46.0 Å². The molecule has 4 heteroatoms. The highest BCUT2D eigenvalue weighted by Crippen LogP contribution is 1.99.